The Morgan fingerprint density at radius 3 is 2.60 bits per heavy atom. The molecule has 0 fully saturated rings. The molecule has 0 N–H and O–H groups in total. The molecule has 0 spiro atoms. The van der Waals surface area contributed by atoms with Crippen molar-refractivity contribution in [2.24, 2.45) is 0 Å². The molecule has 0 aliphatic carbocycles. The van der Waals surface area contributed by atoms with Gasteiger partial charge in [0.25, 0.3) is 0 Å². The van der Waals surface area contributed by atoms with Crippen molar-refractivity contribution in [3.63, 3.8) is 0 Å². The van der Waals surface area contributed by atoms with Gasteiger partial charge >= 0.3 is 0 Å². The first-order valence-corrected chi connectivity index (χ1v) is 7.39. The van der Waals surface area contributed by atoms with E-state index >= 15 is 0 Å². The Kier molecular flexibility index (Phi) is 3.62. The Labute approximate surface area is 119 Å². The molecule has 1 unspecified atom stereocenters. The predicted molar refractivity (Wildman–Crippen MR) is 77.1 cm³/mol. The number of fused-ring (bicyclic) bond motifs is 1. The maximum atomic E-state index is 10.8. The van der Waals surface area contributed by atoms with Gasteiger partial charge in [0.15, 0.2) is 0 Å². The fourth-order valence-electron chi connectivity index (χ4n) is 2.21. The monoisotopic (exact) mass is 285 g/mol. The third-order valence-electron chi connectivity index (χ3n) is 3.28. The highest BCUT2D eigenvalue weighted by Gasteiger charge is 2.02. The highest BCUT2D eigenvalue weighted by atomic mass is 32.2. The topological polar surface area (TPSA) is 57.9 Å². The van der Waals surface area contributed by atoms with Crippen molar-refractivity contribution in [3.05, 3.63) is 60.4 Å². The second kappa shape index (κ2) is 5.56. The fraction of sp³-hybridized carbons (Fsp3) is 0.133. The second-order valence-corrected chi connectivity index (χ2v) is 5.50. The first-order chi connectivity index (χ1) is 9.74. The van der Waals surface area contributed by atoms with Gasteiger partial charge in [0, 0.05) is 11.4 Å². The molecule has 3 aromatic rings. The molecule has 0 bridgehead atoms. The molecular formula is C15H13N2O2S-. The summed E-state index contributed by atoms with van der Waals surface area (Å²) in [6.45, 7) is 0.820. The maximum absolute atomic E-state index is 10.8. The molecule has 0 saturated heterocycles. The van der Waals surface area contributed by atoms with Crippen molar-refractivity contribution < 1.29 is 8.76 Å². The summed E-state index contributed by atoms with van der Waals surface area (Å²) in [6, 6.07) is 15.0. The van der Waals surface area contributed by atoms with Crippen LogP contribution in [0, 0.1) is 0 Å². The van der Waals surface area contributed by atoms with Gasteiger partial charge in [-0.1, -0.05) is 24.3 Å². The first kappa shape index (κ1) is 13.0. The summed E-state index contributed by atoms with van der Waals surface area (Å²) in [4.78, 5) is 4.67. The van der Waals surface area contributed by atoms with Crippen molar-refractivity contribution in [2.45, 2.75) is 17.9 Å². The van der Waals surface area contributed by atoms with Crippen LogP contribution in [0.3, 0.4) is 0 Å². The van der Waals surface area contributed by atoms with Crippen LogP contribution in [0.25, 0.3) is 11.0 Å². The molecule has 102 valence electrons. The standard InChI is InChI=1S/C15H14N2O2S/c18-20(19)13-7-5-12(6-8-13)9-10-17-11-16-14-3-1-2-4-15(14)17/h1-8,11H,9-10H2,(H,18,19)/p-1. The van der Waals surface area contributed by atoms with E-state index in [0.29, 0.717) is 4.90 Å². The molecule has 0 aliphatic heterocycles. The van der Waals surface area contributed by atoms with Gasteiger partial charge in [-0.15, -0.1) is 0 Å². The highest BCUT2D eigenvalue weighted by Crippen LogP contribution is 2.13. The Bertz CT molecular complexity index is 750. The van der Waals surface area contributed by atoms with Crippen molar-refractivity contribution in [1.82, 2.24) is 9.55 Å². The molecule has 20 heavy (non-hydrogen) atoms. The minimum atomic E-state index is -2.15. The van der Waals surface area contributed by atoms with Crippen molar-refractivity contribution in [3.8, 4) is 0 Å². The number of para-hydroxylation sites is 2. The van der Waals surface area contributed by atoms with E-state index in [1.54, 1.807) is 12.1 Å². The number of rotatable bonds is 4. The maximum Gasteiger partial charge on any atom is 0.0958 e. The Balaban J connectivity index is 1.74. The van der Waals surface area contributed by atoms with Gasteiger partial charge in [-0.25, -0.2) is 4.98 Å². The average molecular weight is 285 g/mol. The third kappa shape index (κ3) is 2.64. The van der Waals surface area contributed by atoms with Gasteiger partial charge in [-0.2, -0.15) is 0 Å². The van der Waals surface area contributed by atoms with Gasteiger partial charge in [0.2, 0.25) is 0 Å². The van der Waals surface area contributed by atoms with Crippen LogP contribution >= 0.6 is 0 Å². The summed E-state index contributed by atoms with van der Waals surface area (Å²) in [7, 11) is 0. The largest absolute Gasteiger partial charge is 0.768 e. The molecule has 0 aliphatic rings. The van der Waals surface area contributed by atoms with Crippen molar-refractivity contribution in [1.29, 1.82) is 0 Å². The summed E-state index contributed by atoms with van der Waals surface area (Å²) in [5, 5.41) is 0. The van der Waals surface area contributed by atoms with Crippen LogP contribution in [0.4, 0.5) is 0 Å². The fourth-order valence-corrected chi connectivity index (χ4v) is 2.56. The molecule has 1 aromatic heterocycles. The number of nitrogens with zero attached hydrogens (tertiary/aromatic N) is 2. The summed E-state index contributed by atoms with van der Waals surface area (Å²) < 4.78 is 23.7. The van der Waals surface area contributed by atoms with E-state index in [-0.39, 0.29) is 0 Å². The second-order valence-electron chi connectivity index (χ2n) is 4.56. The molecule has 5 heteroatoms. The molecule has 0 saturated carbocycles. The van der Waals surface area contributed by atoms with E-state index in [9.17, 15) is 8.76 Å². The molecule has 0 amide bonds. The molecule has 3 rings (SSSR count). The number of benzene rings is 2. The van der Waals surface area contributed by atoms with Crippen LogP contribution in [0.5, 0.6) is 0 Å². The van der Waals surface area contributed by atoms with Crippen molar-refractivity contribution in [2.75, 3.05) is 0 Å². The lowest BCUT2D eigenvalue weighted by molar-refractivity contribution is 0.537. The van der Waals surface area contributed by atoms with E-state index in [1.165, 1.54) is 0 Å². The Morgan fingerprint density at radius 2 is 1.85 bits per heavy atom. The van der Waals surface area contributed by atoms with E-state index in [0.717, 1.165) is 29.6 Å². The van der Waals surface area contributed by atoms with Gasteiger partial charge in [0.1, 0.15) is 0 Å². The number of imidazole rings is 1. The SMILES string of the molecule is O=S([O-])c1ccc(CCn2cnc3ccccc32)cc1. The van der Waals surface area contributed by atoms with E-state index in [2.05, 4.69) is 9.55 Å². The van der Waals surface area contributed by atoms with Crippen LogP contribution in [0.15, 0.2) is 59.8 Å². The Hall–Kier alpha value is -1.98. The average Bonchev–Trinajstić information content (AvgIpc) is 2.89. The minimum Gasteiger partial charge on any atom is -0.768 e. The molecule has 4 nitrogen and oxygen atoms in total. The smallest absolute Gasteiger partial charge is 0.0958 e. The number of hydrogen-bond acceptors (Lipinski definition) is 3. The van der Waals surface area contributed by atoms with E-state index < -0.39 is 11.1 Å². The highest BCUT2D eigenvalue weighted by molar-refractivity contribution is 7.79. The zero-order chi connectivity index (χ0) is 13.9. The van der Waals surface area contributed by atoms with Crippen LogP contribution in [-0.2, 0) is 24.0 Å². The molecule has 1 heterocycles. The molecular weight excluding hydrogens is 272 g/mol. The Morgan fingerprint density at radius 1 is 1.10 bits per heavy atom. The van der Waals surface area contributed by atoms with Gasteiger partial charge in [0.05, 0.1) is 17.4 Å². The normalized spacial score (nSPS) is 12.7. The number of aromatic nitrogens is 2. The number of hydrogen-bond donors (Lipinski definition) is 0. The molecule has 1 atom stereocenters. The lowest BCUT2D eigenvalue weighted by Gasteiger charge is -2.07. The minimum absolute atomic E-state index is 0.321. The lowest BCUT2D eigenvalue weighted by Crippen LogP contribution is -2.00. The quantitative estimate of drug-likeness (QED) is 0.692. The lowest BCUT2D eigenvalue weighted by atomic mass is 10.1. The van der Waals surface area contributed by atoms with Gasteiger partial charge in [-0.3, -0.25) is 4.21 Å². The van der Waals surface area contributed by atoms with E-state index in [1.807, 2.05) is 42.7 Å². The van der Waals surface area contributed by atoms with E-state index in [4.69, 9.17) is 0 Å². The summed E-state index contributed by atoms with van der Waals surface area (Å²) >= 11 is -2.15. The summed E-state index contributed by atoms with van der Waals surface area (Å²) in [6.07, 6.45) is 2.68. The zero-order valence-electron chi connectivity index (χ0n) is 10.7. The van der Waals surface area contributed by atoms with Crippen LogP contribution in [0.2, 0.25) is 0 Å². The number of aryl methyl sites for hydroxylation is 2. The zero-order valence-corrected chi connectivity index (χ0v) is 11.5. The van der Waals surface area contributed by atoms with Gasteiger partial charge < -0.3 is 9.12 Å². The van der Waals surface area contributed by atoms with Gasteiger partial charge in [-0.05, 0) is 47.3 Å². The predicted octanol–water partition coefficient (Wildman–Crippen LogP) is 2.52. The molecule has 0 radical (unpaired) electrons. The molecule has 2 aromatic carbocycles. The third-order valence-corrected chi connectivity index (χ3v) is 3.94. The van der Waals surface area contributed by atoms with Crippen LogP contribution < -0.4 is 0 Å². The van der Waals surface area contributed by atoms with Crippen LogP contribution in [-0.4, -0.2) is 18.3 Å². The first-order valence-electron chi connectivity index (χ1n) is 6.32. The summed E-state index contributed by atoms with van der Waals surface area (Å²) in [5.41, 5.74) is 3.21. The van der Waals surface area contributed by atoms with Crippen LogP contribution in [0.1, 0.15) is 5.56 Å². The summed E-state index contributed by atoms with van der Waals surface area (Å²) in [5.74, 6) is 0. The van der Waals surface area contributed by atoms with Crippen molar-refractivity contribution >= 4 is 22.1 Å².